The monoisotopic (exact) mass is 327 g/mol. The van der Waals surface area contributed by atoms with E-state index in [-0.39, 0.29) is 6.54 Å². The summed E-state index contributed by atoms with van der Waals surface area (Å²) < 4.78 is 39.6. The largest absolute Gasteiger partial charge is 0.481 e. The second kappa shape index (κ2) is 5.25. The molecule has 1 fully saturated rings. The number of hydrogen-bond acceptors (Lipinski definition) is 2. The molecule has 1 aliphatic carbocycles. The van der Waals surface area contributed by atoms with Crippen LogP contribution in [0, 0.1) is 5.41 Å². The fourth-order valence-corrected chi connectivity index (χ4v) is 3.50. The van der Waals surface area contributed by atoms with Crippen molar-refractivity contribution in [1.29, 1.82) is 0 Å². The van der Waals surface area contributed by atoms with E-state index in [0.29, 0.717) is 5.56 Å². The second-order valence-electron chi connectivity index (χ2n) is 6.16. The van der Waals surface area contributed by atoms with Gasteiger partial charge >= 0.3 is 12.1 Å². The van der Waals surface area contributed by atoms with Gasteiger partial charge in [-0.05, 0) is 42.9 Å². The van der Waals surface area contributed by atoms with Crippen LogP contribution in [0.3, 0.4) is 0 Å². The minimum Gasteiger partial charge on any atom is -0.481 e. The molecule has 0 aromatic heterocycles. The number of hydrogen-bond donors (Lipinski definition) is 1. The molecule has 1 aromatic carbocycles. The number of benzene rings is 1. The number of carbonyl (C=O) groups is 2. The lowest BCUT2D eigenvalue weighted by molar-refractivity contribution is -0.227. The Kier molecular flexibility index (Phi) is 3.61. The van der Waals surface area contributed by atoms with Crippen LogP contribution in [0.5, 0.6) is 0 Å². The topological polar surface area (TPSA) is 57.6 Å². The van der Waals surface area contributed by atoms with E-state index < -0.39 is 36.4 Å². The van der Waals surface area contributed by atoms with E-state index in [1.807, 2.05) is 6.07 Å². The zero-order valence-corrected chi connectivity index (χ0v) is 12.3. The number of fused-ring (bicyclic) bond motifs is 1. The number of nitrogens with zero attached hydrogens (tertiary/aromatic N) is 1. The number of carboxylic acids is 1. The van der Waals surface area contributed by atoms with Gasteiger partial charge in [-0.25, -0.2) is 0 Å². The Morgan fingerprint density at radius 3 is 2.57 bits per heavy atom. The Hall–Kier alpha value is -2.05. The molecule has 3 rings (SSSR count). The van der Waals surface area contributed by atoms with Crippen molar-refractivity contribution in [2.45, 2.75) is 31.9 Å². The van der Waals surface area contributed by atoms with Crippen molar-refractivity contribution in [3.05, 3.63) is 34.9 Å². The van der Waals surface area contributed by atoms with Crippen LogP contribution in [-0.2, 0) is 17.6 Å². The smallest absolute Gasteiger partial charge is 0.406 e. The fraction of sp³-hybridized carbons (Fsp3) is 0.500. The Balaban J connectivity index is 1.89. The number of aliphatic carboxylic acids is 1. The molecule has 2 aliphatic rings. The van der Waals surface area contributed by atoms with Crippen molar-refractivity contribution in [3.8, 4) is 0 Å². The van der Waals surface area contributed by atoms with Gasteiger partial charge in [0, 0.05) is 18.7 Å². The molecule has 1 atom stereocenters. The van der Waals surface area contributed by atoms with Crippen molar-refractivity contribution in [1.82, 2.24) is 4.90 Å². The van der Waals surface area contributed by atoms with Gasteiger partial charge in [-0.1, -0.05) is 12.1 Å². The normalized spacial score (nSPS) is 23.9. The summed E-state index contributed by atoms with van der Waals surface area (Å²) in [6, 6.07) is 5.25. The number of carboxylic acid groups (broad SMARTS) is 1. The van der Waals surface area contributed by atoms with Crippen LogP contribution >= 0.6 is 0 Å². The van der Waals surface area contributed by atoms with Crippen molar-refractivity contribution in [3.63, 3.8) is 0 Å². The number of likely N-dealkylation sites (tertiary alicyclic amines) is 1. The van der Waals surface area contributed by atoms with Crippen LogP contribution in [0.1, 0.15) is 34.3 Å². The molecule has 1 heterocycles. The molecule has 1 N–H and O–H groups in total. The molecule has 0 saturated carbocycles. The Bertz CT molecular complexity index is 671. The summed E-state index contributed by atoms with van der Waals surface area (Å²) in [7, 11) is 0. The molecule has 1 saturated heterocycles. The van der Waals surface area contributed by atoms with E-state index >= 15 is 0 Å². The minimum absolute atomic E-state index is 0.200. The maximum absolute atomic E-state index is 13.2. The standard InChI is InChI=1S/C16H16F3NO3/c17-16(18,19)15(14(22)23)7-8-20(9-15)13(21)12-6-2-4-10-3-1-5-11(10)12/h2,4,6H,1,3,5,7-9H2,(H,22,23). The van der Waals surface area contributed by atoms with Crippen LogP contribution < -0.4 is 0 Å². The zero-order valence-electron chi connectivity index (χ0n) is 12.3. The van der Waals surface area contributed by atoms with E-state index in [2.05, 4.69) is 0 Å². The second-order valence-corrected chi connectivity index (χ2v) is 6.16. The summed E-state index contributed by atoms with van der Waals surface area (Å²) in [5.41, 5.74) is -0.517. The molecule has 1 aliphatic heterocycles. The lowest BCUT2D eigenvalue weighted by Gasteiger charge is -2.27. The molecule has 1 amide bonds. The summed E-state index contributed by atoms with van der Waals surface area (Å²) >= 11 is 0. The van der Waals surface area contributed by atoms with Crippen molar-refractivity contribution >= 4 is 11.9 Å². The van der Waals surface area contributed by atoms with Gasteiger partial charge in [-0.2, -0.15) is 13.2 Å². The first-order valence-electron chi connectivity index (χ1n) is 7.46. The third-order valence-corrected chi connectivity index (χ3v) is 4.88. The van der Waals surface area contributed by atoms with Crippen LogP contribution in [0.4, 0.5) is 13.2 Å². The quantitative estimate of drug-likeness (QED) is 0.908. The van der Waals surface area contributed by atoms with Gasteiger partial charge in [0.1, 0.15) is 0 Å². The van der Waals surface area contributed by atoms with Gasteiger partial charge in [0.05, 0.1) is 0 Å². The number of amides is 1. The average molecular weight is 327 g/mol. The van der Waals surface area contributed by atoms with Crippen molar-refractivity contribution in [2.24, 2.45) is 5.41 Å². The lowest BCUT2D eigenvalue weighted by atomic mass is 9.86. The first kappa shape index (κ1) is 15.8. The van der Waals surface area contributed by atoms with Gasteiger partial charge < -0.3 is 10.0 Å². The van der Waals surface area contributed by atoms with Crippen LogP contribution in [0.2, 0.25) is 0 Å². The summed E-state index contributed by atoms with van der Waals surface area (Å²) in [5, 5.41) is 9.07. The van der Waals surface area contributed by atoms with Crippen molar-refractivity contribution in [2.75, 3.05) is 13.1 Å². The molecular formula is C16H16F3NO3. The maximum atomic E-state index is 13.2. The number of aryl methyl sites for hydroxylation is 1. The highest BCUT2D eigenvalue weighted by molar-refractivity contribution is 5.97. The number of rotatable bonds is 2. The molecule has 1 unspecified atom stereocenters. The van der Waals surface area contributed by atoms with E-state index in [9.17, 15) is 22.8 Å². The van der Waals surface area contributed by atoms with Gasteiger partial charge in [0.15, 0.2) is 5.41 Å². The van der Waals surface area contributed by atoms with Gasteiger partial charge in [-0.3, -0.25) is 9.59 Å². The molecule has 0 spiro atoms. The maximum Gasteiger partial charge on any atom is 0.406 e. The highest BCUT2D eigenvalue weighted by Crippen LogP contribution is 2.46. The first-order valence-corrected chi connectivity index (χ1v) is 7.46. The zero-order chi connectivity index (χ0) is 16.8. The summed E-state index contributed by atoms with van der Waals surface area (Å²) in [5.74, 6) is -2.42. The predicted molar refractivity (Wildman–Crippen MR) is 75.1 cm³/mol. The first-order chi connectivity index (χ1) is 10.8. The Morgan fingerprint density at radius 1 is 1.22 bits per heavy atom. The van der Waals surface area contributed by atoms with E-state index in [4.69, 9.17) is 5.11 Å². The van der Waals surface area contributed by atoms with Crippen LogP contribution in [0.25, 0.3) is 0 Å². The predicted octanol–water partition coefficient (Wildman–Crippen LogP) is 2.65. The summed E-state index contributed by atoms with van der Waals surface area (Å²) in [6.07, 6.45) is -2.98. The van der Waals surface area contributed by atoms with E-state index in [1.54, 1.807) is 12.1 Å². The number of alkyl halides is 3. The molecule has 23 heavy (non-hydrogen) atoms. The van der Waals surface area contributed by atoms with Crippen LogP contribution in [0.15, 0.2) is 18.2 Å². The molecule has 124 valence electrons. The summed E-state index contributed by atoms with van der Waals surface area (Å²) in [4.78, 5) is 24.8. The van der Waals surface area contributed by atoms with Gasteiger partial charge in [0.25, 0.3) is 5.91 Å². The van der Waals surface area contributed by atoms with Crippen molar-refractivity contribution < 1.29 is 27.9 Å². The molecule has 4 nitrogen and oxygen atoms in total. The highest BCUT2D eigenvalue weighted by atomic mass is 19.4. The Labute approximate surface area is 130 Å². The minimum atomic E-state index is -4.88. The fourth-order valence-electron chi connectivity index (χ4n) is 3.50. The van der Waals surface area contributed by atoms with E-state index in [0.717, 1.165) is 35.3 Å². The third-order valence-electron chi connectivity index (χ3n) is 4.88. The van der Waals surface area contributed by atoms with Crippen LogP contribution in [-0.4, -0.2) is 41.1 Å². The number of halogens is 3. The SMILES string of the molecule is O=C(c1cccc2c1CCC2)N1CCC(C(=O)O)(C(F)(F)F)C1. The van der Waals surface area contributed by atoms with Gasteiger partial charge in [0.2, 0.25) is 0 Å². The van der Waals surface area contributed by atoms with E-state index in [1.165, 1.54) is 0 Å². The average Bonchev–Trinajstić information content (AvgIpc) is 3.12. The third kappa shape index (κ3) is 2.38. The molecule has 0 bridgehead atoms. The van der Waals surface area contributed by atoms with Gasteiger partial charge in [-0.15, -0.1) is 0 Å². The molecule has 1 aromatic rings. The number of carbonyl (C=O) groups excluding carboxylic acids is 1. The molecule has 0 radical (unpaired) electrons. The Morgan fingerprint density at radius 2 is 1.96 bits per heavy atom. The molecule has 7 heteroatoms. The highest BCUT2D eigenvalue weighted by Gasteiger charge is 2.64. The summed E-state index contributed by atoms with van der Waals surface area (Å²) in [6.45, 7) is -1.03. The molecular weight excluding hydrogens is 311 g/mol. The lowest BCUT2D eigenvalue weighted by Crippen LogP contribution is -2.47.